The zero-order chi connectivity index (χ0) is 19.9. The van der Waals surface area contributed by atoms with Gasteiger partial charge in [-0.1, -0.05) is 34.6 Å². The Bertz CT molecular complexity index is 516. The predicted octanol–water partition coefficient (Wildman–Crippen LogP) is 3.44. The third-order valence-corrected chi connectivity index (χ3v) is 5.05. The highest BCUT2D eigenvalue weighted by atomic mass is 16.2. The first kappa shape index (κ1) is 22.5. The van der Waals surface area contributed by atoms with Gasteiger partial charge < -0.3 is 4.90 Å². The number of carbonyl (C=O) groups is 4. The fourth-order valence-corrected chi connectivity index (χ4v) is 3.56. The minimum absolute atomic E-state index is 0.0360. The Morgan fingerprint density at radius 1 is 0.885 bits per heavy atom. The largest absolute Gasteiger partial charge is 0.343 e. The molecule has 1 saturated heterocycles. The Balaban J connectivity index is 2.33. The smallest absolute Gasteiger partial charge is 0.222 e. The number of carbonyl (C=O) groups excluding carboxylic acids is 4. The van der Waals surface area contributed by atoms with Crippen molar-refractivity contribution in [2.45, 2.75) is 73.1 Å². The molecule has 5 heteroatoms. The summed E-state index contributed by atoms with van der Waals surface area (Å²) in [6, 6.07) is 0. The minimum atomic E-state index is -0.314. The van der Waals surface area contributed by atoms with Gasteiger partial charge in [-0.15, -0.1) is 0 Å². The molecular weight excluding hydrogens is 330 g/mol. The van der Waals surface area contributed by atoms with E-state index in [1.54, 1.807) is 6.92 Å². The minimum Gasteiger partial charge on any atom is -0.343 e. The Morgan fingerprint density at radius 3 is 1.96 bits per heavy atom. The van der Waals surface area contributed by atoms with E-state index in [0.717, 1.165) is 12.8 Å². The van der Waals surface area contributed by atoms with E-state index in [1.165, 1.54) is 0 Å². The molecule has 0 spiro atoms. The number of hydrogen-bond acceptors (Lipinski definition) is 4. The third kappa shape index (κ3) is 7.79. The van der Waals surface area contributed by atoms with E-state index in [4.69, 9.17) is 0 Å². The molecule has 0 radical (unpaired) electrons. The van der Waals surface area contributed by atoms with Crippen molar-refractivity contribution in [2.75, 3.05) is 13.1 Å². The molecule has 0 saturated carbocycles. The highest BCUT2D eigenvalue weighted by molar-refractivity contribution is 6.00. The molecule has 0 N–H and O–H groups in total. The summed E-state index contributed by atoms with van der Waals surface area (Å²) in [5, 5.41) is 0. The van der Waals surface area contributed by atoms with Gasteiger partial charge in [0.1, 0.15) is 17.3 Å². The van der Waals surface area contributed by atoms with E-state index in [-0.39, 0.29) is 53.9 Å². The molecule has 1 rings (SSSR count). The van der Waals surface area contributed by atoms with Gasteiger partial charge in [-0.2, -0.15) is 0 Å². The third-order valence-electron chi connectivity index (χ3n) is 5.05. The lowest BCUT2D eigenvalue weighted by Gasteiger charge is -2.32. The van der Waals surface area contributed by atoms with Gasteiger partial charge in [0, 0.05) is 44.2 Å². The summed E-state index contributed by atoms with van der Waals surface area (Å²) in [6.07, 6.45) is 2.72. The summed E-state index contributed by atoms with van der Waals surface area (Å²) < 4.78 is 0. The van der Waals surface area contributed by atoms with Gasteiger partial charge in [-0.05, 0) is 24.7 Å². The second kappa shape index (κ2) is 10.6. The number of piperidine rings is 1. The van der Waals surface area contributed by atoms with E-state index in [1.807, 2.05) is 32.6 Å². The van der Waals surface area contributed by atoms with Crippen molar-refractivity contribution in [3.8, 4) is 0 Å². The molecular formula is C21H35NO4. The lowest BCUT2D eigenvalue weighted by Crippen LogP contribution is -2.39. The molecule has 1 aliphatic heterocycles. The van der Waals surface area contributed by atoms with Crippen LogP contribution >= 0.6 is 0 Å². The molecule has 0 aromatic heterocycles. The van der Waals surface area contributed by atoms with Crippen molar-refractivity contribution in [3.63, 3.8) is 0 Å². The Labute approximate surface area is 157 Å². The maximum absolute atomic E-state index is 12.2. The van der Waals surface area contributed by atoms with Crippen LogP contribution in [-0.4, -0.2) is 41.2 Å². The summed E-state index contributed by atoms with van der Waals surface area (Å²) in [5.41, 5.74) is 0. The van der Waals surface area contributed by atoms with Crippen LogP contribution in [0.2, 0.25) is 0 Å². The van der Waals surface area contributed by atoms with E-state index in [2.05, 4.69) is 0 Å². The standard InChI is InChI=1S/C21H35NO4/c1-14(2)10-20(25)22-8-6-17(7-9-22)12-19(24)13-18(23)11-16(5)21(26)15(3)4/h14-17H,6-13H2,1-5H3. The second-order valence-corrected chi connectivity index (χ2v) is 8.54. The maximum atomic E-state index is 12.2. The van der Waals surface area contributed by atoms with E-state index in [0.29, 0.717) is 31.8 Å². The highest BCUT2D eigenvalue weighted by Gasteiger charge is 2.26. The van der Waals surface area contributed by atoms with Gasteiger partial charge in [-0.3, -0.25) is 19.2 Å². The van der Waals surface area contributed by atoms with Crippen LogP contribution in [0.3, 0.4) is 0 Å². The number of amides is 1. The Kier molecular flexibility index (Phi) is 9.17. The number of ketones is 3. The highest BCUT2D eigenvalue weighted by Crippen LogP contribution is 2.23. The zero-order valence-corrected chi connectivity index (χ0v) is 17.0. The van der Waals surface area contributed by atoms with Gasteiger partial charge in [0.2, 0.25) is 5.91 Å². The van der Waals surface area contributed by atoms with Crippen molar-refractivity contribution < 1.29 is 19.2 Å². The van der Waals surface area contributed by atoms with Crippen LogP contribution in [0.1, 0.15) is 73.1 Å². The van der Waals surface area contributed by atoms with Crippen molar-refractivity contribution in [1.82, 2.24) is 4.90 Å². The molecule has 26 heavy (non-hydrogen) atoms. The first-order chi connectivity index (χ1) is 12.1. The molecule has 0 aliphatic carbocycles. The number of rotatable bonds is 10. The van der Waals surface area contributed by atoms with Gasteiger partial charge in [-0.25, -0.2) is 0 Å². The summed E-state index contributed by atoms with van der Waals surface area (Å²) in [4.78, 5) is 50.1. The summed E-state index contributed by atoms with van der Waals surface area (Å²) in [6.45, 7) is 10.9. The van der Waals surface area contributed by atoms with Crippen LogP contribution < -0.4 is 0 Å². The summed E-state index contributed by atoms with van der Waals surface area (Å²) in [5.74, 6) is 0.314. The molecule has 1 fully saturated rings. The zero-order valence-electron chi connectivity index (χ0n) is 17.0. The molecule has 1 amide bonds. The van der Waals surface area contributed by atoms with Crippen LogP contribution in [-0.2, 0) is 19.2 Å². The fraction of sp³-hybridized carbons (Fsp3) is 0.810. The van der Waals surface area contributed by atoms with Crippen molar-refractivity contribution >= 4 is 23.3 Å². The summed E-state index contributed by atoms with van der Waals surface area (Å²) in [7, 11) is 0. The van der Waals surface area contributed by atoms with Crippen LogP contribution in [0.15, 0.2) is 0 Å². The van der Waals surface area contributed by atoms with Crippen molar-refractivity contribution in [2.24, 2.45) is 23.7 Å². The number of hydrogen-bond donors (Lipinski definition) is 0. The van der Waals surface area contributed by atoms with Crippen LogP contribution in [0.25, 0.3) is 0 Å². The Morgan fingerprint density at radius 2 is 1.46 bits per heavy atom. The summed E-state index contributed by atoms with van der Waals surface area (Å²) >= 11 is 0. The SMILES string of the molecule is CC(C)CC(=O)N1CCC(CC(=O)CC(=O)CC(C)C(=O)C(C)C)CC1. The number of Topliss-reactive ketones (excluding diaryl/α,β-unsaturated/α-hetero) is 3. The van der Waals surface area contributed by atoms with E-state index >= 15 is 0 Å². The molecule has 1 atom stereocenters. The monoisotopic (exact) mass is 365 g/mol. The predicted molar refractivity (Wildman–Crippen MR) is 102 cm³/mol. The lowest BCUT2D eigenvalue weighted by molar-refractivity contribution is -0.133. The van der Waals surface area contributed by atoms with Crippen molar-refractivity contribution in [1.29, 1.82) is 0 Å². The average molecular weight is 366 g/mol. The molecule has 1 aliphatic rings. The maximum Gasteiger partial charge on any atom is 0.222 e. The van der Waals surface area contributed by atoms with Gasteiger partial charge >= 0.3 is 0 Å². The topological polar surface area (TPSA) is 71.5 Å². The van der Waals surface area contributed by atoms with Crippen LogP contribution in [0.4, 0.5) is 0 Å². The quantitative estimate of drug-likeness (QED) is 0.556. The van der Waals surface area contributed by atoms with Crippen LogP contribution in [0, 0.1) is 23.7 Å². The molecule has 0 bridgehead atoms. The number of nitrogens with zero attached hydrogens (tertiary/aromatic N) is 1. The van der Waals surface area contributed by atoms with Crippen LogP contribution in [0.5, 0.6) is 0 Å². The normalized spacial score (nSPS) is 16.8. The second-order valence-electron chi connectivity index (χ2n) is 8.54. The van der Waals surface area contributed by atoms with Gasteiger partial charge in [0.05, 0.1) is 6.42 Å². The van der Waals surface area contributed by atoms with Crippen molar-refractivity contribution in [3.05, 3.63) is 0 Å². The van der Waals surface area contributed by atoms with E-state index < -0.39 is 0 Å². The van der Waals surface area contributed by atoms with E-state index in [9.17, 15) is 19.2 Å². The first-order valence-corrected chi connectivity index (χ1v) is 9.95. The molecule has 5 nitrogen and oxygen atoms in total. The average Bonchev–Trinajstić information content (AvgIpc) is 2.53. The van der Waals surface area contributed by atoms with Gasteiger partial charge in [0.25, 0.3) is 0 Å². The van der Waals surface area contributed by atoms with Gasteiger partial charge in [0.15, 0.2) is 0 Å². The molecule has 0 aromatic rings. The molecule has 148 valence electrons. The lowest BCUT2D eigenvalue weighted by atomic mass is 9.88. The Hall–Kier alpha value is -1.52. The molecule has 1 heterocycles. The first-order valence-electron chi connectivity index (χ1n) is 9.95. The number of likely N-dealkylation sites (tertiary alicyclic amines) is 1. The molecule has 0 aromatic carbocycles. The fourth-order valence-electron chi connectivity index (χ4n) is 3.56. The molecule has 1 unspecified atom stereocenters.